The summed E-state index contributed by atoms with van der Waals surface area (Å²) in [5.41, 5.74) is 9.30. The number of nitrogens with one attached hydrogen (secondary N) is 4. The van der Waals surface area contributed by atoms with Crippen LogP contribution in [-0.4, -0.2) is 54.1 Å². The van der Waals surface area contributed by atoms with Crippen LogP contribution >= 0.6 is 0 Å². The van der Waals surface area contributed by atoms with Gasteiger partial charge in [-0.05, 0) is 73.7 Å². The number of hydrogen-bond acceptors (Lipinski definition) is 5. The number of nitrogens with two attached hydrogens (primary N) is 1. The van der Waals surface area contributed by atoms with E-state index >= 15 is 0 Å². The molecule has 286 valence electrons. The van der Waals surface area contributed by atoms with Crippen LogP contribution in [0.4, 0.5) is 4.79 Å². The van der Waals surface area contributed by atoms with Crippen LogP contribution in [0.3, 0.4) is 0 Å². The summed E-state index contributed by atoms with van der Waals surface area (Å²) in [5.74, 6) is 2.06. The summed E-state index contributed by atoms with van der Waals surface area (Å²) >= 11 is 0. The first-order valence-corrected chi connectivity index (χ1v) is 20.0. The zero-order valence-corrected chi connectivity index (χ0v) is 33.4. The molecule has 6 atom stereocenters. The molecule has 6 N–H and O–H groups in total. The van der Waals surface area contributed by atoms with E-state index in [4.69, 9.17) is 12.3 Å². The molecule has 3 aliphatic rings. The maximum atomic E-state index is 13.9. The Bertz CT molecular complexity index is 1130. The molecule has 0 radical (unpaired) electrons. The number of rotatable bonds is 18. The molecule has 0 bridgehead atoms. The molecule has 2 saturated carbocycles. The molecular weight excluding hydrogens is 621 g/mol. The maximum absolute atomic E-state index is 13.9. The van der Waals surface area contributed by atoms with Crippen molar-refractivity contribution < 1.29 is 9.59 Å². The molecule has 2 aliphatic carbocycles. The Morgan fingerprint density at radius 3 is 2.06 bits per heavy atom. The molecule has 8 heteroatoms. The molecule has 1 heterocycles. The van der Waals surface area contributed by atoms with Crippen LogP contribution in [0.1, 0.15) is 139 Å². The van der Waals surface area contributed by atoms with Crippen LogP contribution < -0.4 is 27.0 Å². The van der Waals surface area contributed by atoms with E-state index in [-0.39, 0.29) is 41.5 Å². The highest BCUT2D eigenvalue weighted by Crippen LogP contribution is 2.39. The number of urea groups is 1. The Morgan fingerprint density at radius 1 is 0.900 bits per heavy atom. The van der Waals surface area contributed by atoms with E-state index in [1.54, 1.807) is 0 Å². The molecular formula is C42H76N6O2. The fraction of sp³-hybridized carbons (Fsp3) is 0.762. The van der Waals surface area contributed by atoms with Crippen molar-refractivity contribution in [2.24, 2.45) is 34.8 Å². The van der Waals surface area contributed by atoms with Crippen LogP contribution in [0.15, 0.2) is 49.0 Å². The van der Waals surface area contributed by atoms with Crippen molar-refractivity contribution in [1.82, 2.24) is 26.2 Å². The minimum atomic E-state index is -0.205. The number of nitrogens with zero attached hydrogens (tertiary/aromatic N) is 1. The van der Waals surface area contributed by atoms with Gasteiger partial charge in [0.1, 0.15) is 0 Å². The normalized spacial score (nSPS) is 22.0. The third-order valence-corrected chi connectivity index (χ3v) is 11.7. The number of carbonyl (C=O) groups excluding carboxylic acids is 2. The van der Waals surface area contributed by atoms with Crippen LogP contribution in [0.25, 0.3) is 0 Å². The van der Waals surface area contributed by atoms with Crippen molar-refractivity contribution in [3.63, 3.8) is 0 Å². The lowest BCUT2D eigenvalue weighted by atomic mass is 9.79. The highest BCUT2D eigenvalue weighted by molar-refractivity contribution is 5.77. The second kappa shape index (κ2) is 20.8. The van der Waals surface area contributed by atoms with Gasteiger partial charge in [-0.25, -0.2) is 4.79 Å². The predicted molar refractivity (Wildman–Crippen MR) is 212 cm³/mol. The fourth-order valence-corrected chi connectivity index (χ4v) is 7.90. The molecule has 0 aromatic rings. The molecule has 3 rings (SSSR count). The van der Waals surface area contributed by atoms with Crippen LogP contribution in [0.5, 0.6) is 0 Å². The highest BCUT2D eigenvalue weighted by atomic mass is 16.2. The Balaban J connectivity index is 0.00000425. The van der Waals surface area contributed by atoms with Gasteiger partial charge < -0.3 is 31.9 Å². The van der Waals surface area contributed by atoms with Crippen molar-refractivity contribution in [3.05, 3.63) is 49.0 Å². The number of likely N-dealkylation sites (tertiary alicyclic amines) is 1. The van der Waals surface area contributed by atoms with Gasteiger partial charge in [0.15, 0.2) is 0 Å². The molecule has 3 fully saturated rings. The average molecular weight is 697 g/mol. The molecule has 5 unspecified atom stereocenters. The van der Waals surface area contributed by atoms with Crippen molar-refractivity contribution in [2.75, 3.05) is 13.1 Å². The predicted octanol–water partition coefficient (Wildman–Crippen LogP) is 8.53. The summed E-state index contributed by atoms with van der Waals surface area (Å²) < 4.78 is 0. The zero-order chi connectivity index (χ0) is 37.6. The second-order valence-electron chi connectivity index (χ2n) is 16.3. The zero-order valence-electron chi connectivity index (χ0n) is 33.4. The fourth-order valence-electron chi connectivity index (χ4n) is 7.90. The maximum Gasteiger partial charge on any atom is 0.315 e. The van der Waals surface area contributed by atoms with Crippen molar-refractivity contribution >= 4 is 11.9 Å². The average Bonchev–Trinajstić information content (AvgIpc) is 3.52. The van der Waals surface area contributed by atoms with Crippen LogP contribution in [0.2, 0.25) is 0 Å². The molecule has 1 saturated heterocycles. The Hall–Kier alpha value is -2.90. The summed E-state index contributed by atoms with van der Waals surface area (Å²) in [7, 11) is 0. The van der Waals surface area contributed by atoms with E-state index in [1.807, 2.05) is 20.8 Å². The van der Waals surface area contributed by atoms with Gasteiger partial charge in [-0.15, -0.1) is 0 Å². The lowest BCUT2D eigenvalue weighted by molar-refractivity contribution is -0.121. The molecule has 0 spiro atoms. The molecule has 0 aromatic heterocycles. The van der Waals surface area contributed by atoms with E-state index < -0.39 is 0 Å². The summed E-state index contributed by atoms with van der Waals surface area (Å²) in [6.45, 7) is 36.1. The van der Waals surface area contributed by atoms with Gasteiger partial charge in [0, 0.05) is 42.6 Å². The van der Waals surface area contributed by atoms with Crippen molar-refractivity contribution in [3.8, 4) is 0 Å². The van der Waals surface area contributed by atoms with E-state index in [2.05, 4.69) is 80.5 Å². The number of carbonyl (C=O) groups is 2. The summed E-state index contributed by atoms with van der Waals surface area (Å²) in [5, 5.41) is 13.4. The third-order valence-electron chi connectivity index (χ3n) is 11.7. The van der Waals surface area contributed by atoms with E-state index in [1.165, 1.54) is 25.7 Å². The number of amides is 3. The summed E-state index contributed by atoms with van der Waals surface area (Å²) in [4.78, 5) is 28.6. The van der Waals surface area contributed by atoms with Crippen molar-refractivity contribution in [1.29, 1.82) is 0 Å². The van der Waals surface area contributed by atoms with E-state index in [0.29, 0.717) is 48.8 Å². The Labute approximate surface area is 307 Å². The first-order valence-electron chi connectivity index (χ1n) is 20.0. The third kappa shape index (κ3) is 12.7. The first kappa shape index (κ1) is 43.3. The lowest BCUT2D eigenvalue weighted by Gasteiger charge is -2.40. The minimum Gasteiger partial charge on any atom is -0.399 e. The van der Waals surface area contributed by atoms with Crippen LogP contribution in [0, 0.1) is 29.1 Å². The van der Waals surface area contributed by atoms with Gasteiger partial charge >= 0.3 is 6.03 Å². The molecule has 3 amide bonds. The largest absolute Gasteiger partial charge is 0.399 e. The second-order valence-corrected chi connectivity index (χ2v) is 16.3. The van der Waals surface area contributed by atoms with Crippen LogP contribution in [-0.2, 0) is 4.79 Å². The van der Waals surface area contributed by atoms with Crippen molar-refractivity contribution in [2.45, 2.75) is 163 Å². The quantitative estimate of drug-likeness (QED) is 0.0923. The SMILES string of the molecule is C=C(N)C(=C)C(CC1CCC1)NC(=C)C1C[C@@H](C(C)CC)CN1C(=C)C(NC(=O)NC(CCC(=O)NCC)C(C)(C)C)C1CCCCC1.CC. The smallest absolute Gasteiger partial charge is 0.315 e. The molecule has 1 aliphatic heterocycles. The minimum absolute atomic E-state index is 0.00449. The van der Waals surface area contributed by atoms with Gasteiger partial charge in [0.2, 0.25) is 5.91 Å². The monoisotopic (exact) mass is 697 g/mol. The highest BCUT2D eigenvalue weighted by Gasteiger charge is 2.41. The lowest BCUT2D eigenvalue weighted by Crippen LogP contribution is -2.55. The molecule has 0 aromatic carbocycles. The molecule has 8 nitrogen and oxygen atoms in total. The number of hydrogen-bond donors (Lipinski definition) is 5. The van der Waals surface area contributed by atoms with Gasteiger partial charge in [-0.2, -0.15) is 0 Å². The van der Waals surface area contributed by atoms with Gasteiger partial charge in [-0.1, -0.05) is 120 Å². The first-order chi connectivity index (χ1) is 23.7. The summed E-state index contributed by atoms with van der Waals surface area (Å²) in [6.07, 6.45) is 13.5. The summed E-state index contributed by atoms with van der Waals surface area (Å²) in [6, 6.07) is -0.479. The standard InChI is InChI=1S/C40H70N6O2.C2H6/c1-11-26(3)33-24-35(29(6)43-34(27(4)28(5)41)23-31-17-16-18-31)46(25-33)30(7)38(32-19-14-13-15-20-32)45-39(48)44-36(40(8,9)10)21-22-37(47)42-12-2;1-2/h26,31-36,38,43H,4-7,11-25,41H2,1-3,8-10H3,(H,42,47)(H2,44,45,48);1-2H3/t26?,33-,34?,35?,36?,38?;/m1./s1. The van der Waals surface area contributed by atoms with E-state index in [9.17, 15) is 9.59 Å². The molecule has 50 heavy (non-hydrogen) atoms. The van der Waals surface area contributed by atoms with Gasteiger partial charge in [0.25, 0.3) is 0 Å². The Morgan fingerprint density at radius 2 is 1.54 bits per heavy atom. The Kier molecular flexibility index (Phi) is 18.0. The van der Waals surface area contributed by atoms with Gasteiger partial charge in [-0.3, -0.25) is 4.79 Å². The van der Waals surface area contributed by atoms with E-state index in [0.717, 1.165) is 68.5 Å². The topological polar surface area (TPSA) is 112 Å². The van der Waals surface area contributed by atoms with Gasteiger partial charge in [0.05, 0.1) is 18.1 Å².